The van der Waals surface area contributed by atoms with Crippen LogP contribution in [0, 0.1) is 11.3 Å². The molecule has 6 nitrogen and oxygen atoms in total. The zero-order chi connectivity index (χ0) is 18.4. The number of carbonyl (C=O) groups is 1. The Labute approximate surface area is 153 Å². The van der Waals surface area contributed by atoms with Crippen LogP contribution in [-0.4, -0.2) is 33.2 Å². The summed E-state index contributed by atoms with van der Waals surface area (Å²) in [6.45, 7) is 5.24. The van der Waals surface area contributed by atoms with E-state index in [1.165, 1.54) is 0 Å². The molecule has 2 aliphatic heterocycles. The van der Waals surface area contributed by atoms with E-state index in [0.717, 1.165) is 28.8 Å². The molecule has 0 radical (unpaired) electrons. The molecule has 0 bridgehead atoms. The van der Waals surface area contributed by atoms with Gasteiger partial charge in [0.2, 0.25) is 0 Å². The summed E-state index contributed by atoms with van der Waals surface area (Å²) in [5.74, 6) is 0.0255. The van der Waals surface area contributed by atoms with Crippen molar-refractivity contribution in [3.63, 3.8) is 0 Å². The summed E-state index contributed by atoms with van der Waals surface area (Å²) in [6, 6.07) is 7.89. The van der Waals surface area contributed by atoms with Gasteiger partial charge in [-0.05, 0) is 43.5 Å². The fraction of sp³-hybridized carbons (Fsp3) is 0.450. The highest BCUT2D eigenvalue weighted by atomic mass is 16.5. The van der Waals surface area contributed by atoms with Crippen molar-refractivity contribution >= 4 is 5.91 Å². The molecule has 1 aromatic heterocycles. The number of nitrogens with zero attached hydrogens (tertiary/aromatic N) is 4. The smallest absolute Gasteiger partial charge is 0.272 e. The molecule has 0 fully saturated rings. The SMILES string of the molecule is C[C@@H]1Cc2c(nn(C)c2C(=O)N2CCc3cc(C#N)ccc3C2)[C@H](C)O1. The normalized spacial score (nSPS) is 21.7. The minimum Gasteiger partial charge on any atom is -0.369 e. The summed E-state index contributed by atoms with van der Waals surface area (Å²) in [5, 5.41) is 13.6. The van der Waals surface area contributed by atoms with Crippen LogP contribution in [0.3, 0.4) is 0 Å². The second-order valence-electron chi connectivity index (χ2n) is 7.20. The lowest BCUT2D eigenvalue weighted by Gasteiger charge is -2.30. The van der Waals surface area contributed by atoms with E-state index in [-0.39, 0.29) is 18.1 Å². The van der Waals surface area contributed by atoms with Crippen LogP contribution >= 0.6 is 0 Å². The van der Waals surface area contributed by atoms with Gasteiger partial charge in [0, 0.05) is 32.1 Å². The van der Waals surface area contributed by atoms with Gasteiger partial charge in [-0.25, -0.2) is 0 Å². The number of ether oxygens (including phenoxy) is 1. The third-order valence-electron chi connectivity index (χ3n) is 5.33. The molecule has 26 heavy (non-hydrogen) atoms. The number of amides is 1. The third kappa shape index (κ3) is 2.69. The second kappa shape index (κ2) is 6.26. The first-order chi connectivity index (χ1) is 12.5. The molecule has 3 heterocycles. The number of aromatic nitrogens is 2. The summed E-state index contributed by atoms with van der Waals surface area (Å²) >= 11 is 0. The van der Waals surface area contributed by atoms with E-state index < -0.39 is 0 Å². The van der Waals surface area contributed by atoms with Gasteiger partial charge >= 0.3 is 0 Å². The minimum atomic E-state index is -0.0898. The maximum Gasteiger partial charge on any atom is 0.272 e. The van der Waals surface area contributed by atoms with Gasteiger partial charge in [-0.3, -0.25) is 9.48 Å². The first-order valence-electron chi connectivity index (χ1n) is 9.00. The Hall–Kier alpha value is -2.65. The quantitative estimate of drug-likeness (QED) is 0.792. The maximum atomic E-state index is 13.3. The average molecular weight is 350 g/mol. The number of benzene rings is 1. The molecule has 6 heteroatoms. The van der Waals surface area contributed by atoms with Gasteiger partial charge in [-0.15, -0.1) is 0 Å². The molecule has 2 atom stereocenters. The molecule has 0 spiro atoms. The molecule has 4 rings (SSSR count). The highest BCUT2D eigenvalue weighted by Crippen LogP contribution is 2.32. The molecule has 2 aromatic rings. The monoisotopic (exact) mass is 350 g/mol. The lowest BCUT2D eigenvalue weighted by atomic mass is 9.96. The number of rotatable bonds is 1. The van der Waals surface area contributed by atoms with Crippen LogP contribution in [0.15, 0.2) is 18.2 Å². The Kier molecular flexibility index (Phi) is 4.04. The van der Waals surface area contributed by atoms with Crippen molar-refractivity contribution in [3.05, 3.63) is 51.8 Å². The standard InChI is InChI=1S/C20H22N4O2/c1-12-8-17-18(13(2)26-12)22-23(3)19(17)20(25)24-7-6-15-9-14(10-21)4-5-16(15)11-24/h4-5,9,12-13H,6-8,11H2,1-3H3/t12-,13+/m1/s1. The summed E-state index contributed by atoms with van der Waals surface area (Å²) < 4.78 is 7.55. The van der Waals surface area contributed by atoms with Crippen LogP contribution in [-0.2, 0) is 31.2 Å². The molecular weight excluding hydrogens is 328 g/mol. The molecule has 0 aliphatic carbocycles. The van der Waals surface area contributed by atoms with Crippen LogP contribution in [0.2, 0.25) is 0 Å². The van der Waals surface area contributed by atoms with Gasteiger partial charge in [-0.1, -0.05) is 6.07 Å². The summed E-state index contributed by atoms with van der Waals surface area (Å²) in [6.07, 6.45) is 1.48. The van der Waals surface area contributed by atoms with E-state index in [4.69, 9.17) is 10.00 Å². The fourth-order valence-electron chi connectivity index (χ4n) is 4.08. The van der Waals surface area contributed by atoms with Crippen molar-refractivity contribution in [1.29, 1.82) is 5.26 Å². The predicted molar refractivity (Wildman–Crippen MR) is 95.5 cm³/mol. The zero-order valence-electron chi connectivity index (χ0n) is 15.3. The van der Waals surface area contributed by atoms with Crippen molar-refractivity contribution in [3.8, 4) is 6.07 Å². The molecule has 0 saturated carbocycles. The molecule has 0 saturated heterocycles. The fourth-order valence-corrected chi connectivity index (χ4v) is 4.08. The van der Waals surface area contributed by atoms with Crippen LogP contribution in [0.1, 0.15) is 58.4 Å². The number of carbonyl (C=O) groups excluding carboxylic acids is 1. The number of fused-ring (bicyclic) bond motifs is 2. The van der Waals surface area contributed by atoms with Gasteiger partial charge < -0.3 is 9.64 Å². The van der Waals surface area contributed by atoms with Crippen molar-refractivity contribution in [2.45, 2.75) is 45.4 Å². The Morgan fingerprint density at radius 3 is 2.92 bits per heavy atom. The van der Waals surface area contributed by atoms with E-state index >= 15 is 0 Å². The molecule has 134 valence electrons. The van der Waals surface area contributed by atoms with Gasteiger partial charge in [0.25, 0.3) is 5.91 Å². The highest BCUT2D eigenvalue weighted by molar-refractivity contribution is 5.94. The van der Waals surface area contributed by atoms with E-state index in [1.54, 1.807) is 4.68 Å². The maximum absolute atomic E-state index is 13.3. The van der Waals surface area contributed by atoms with Crippen molar-refractivity contribution in [1.82, 2.24) is 14.7 Å². The average Bonchev–Trinajstić information content (AvgIpc) is 2.96. The van der Waals surface area contributed by atoms with Crippen LogP contribution < -0.4 is 0 Å². The van der Waals surface area contributed by atoms with Crippen molar-refractivity contribution < 1.29 is 9.53 Å². The second-order valence-corrected chi connectivity index (χ2v) is 7.20. The number of aryl methyl sites for hydroxylation is 1. The first-order valence-corrected chi connectivity index (χ1v) is 9.00. The lowest BCUT2D eigenvalue weighted by molar-refractivity contribution is -0.00714. The first kappa shape index (κ1) is 16.8. The zero-order valence-corrected chi connectivity index (χ0v) is 15.3. The molecular formula is C20H22N4O2. The summed E-state index contributed by atoms with van der Waals surface area (Å²) in [5.41, 5.74) is 5.53. The van der Waals surface area contributed by atoms with Gasteiger partial charge in [-0.2, -0.15) is 10.4 Å². The van der Waals surface area contributed by atoms with Gasteiger partial charge in [0.15, 0.2) is 0 Å². The minimum absolute atomic E-state index is 0.0255. The molecule has 1 aromatic carbocycles. The highest BCUT2D eigenvalue weighted by Gasteiger charge is 2.33. The lowest BCUT2D eigenvalue weighted by Crippen LogP contribution is -2.37. The molecule has 0 N–H and O–H groups in total. The van der Waals surface area contributed by atoms with E-state index in [0.29, 0.717) is 30.8 Å². The Balaban J connectivity index is 1.64. The third-order valence-corrected chi connectivity index (χ3v) is 5.33. The number of hydrogen-bond donors (Lipinski definition) is 0. The van der Waals surface area contributed by atoms with Gasteiger partial charge in [0.05, 0.1) is 29.5 Å². The number of nitriles is 1. The molecule has 2 aliphatic rings. The van der Waals surface area contributed by atoms with Crippen LogP contribution in [0.5, 0.6) is 0 Å². The topological polar surface area (TPSA) is 71.2 Å². The molecule has 1 amide bonds. The number of hydrogen-bond acceptors (Lipinski definition) is 4. The van der Waals surface area contributed by atoms with Gasteiger partial charge in [0.1, 0.15) is 5.69 Å². The summed E-state index contributed by atoms with van der Waals surface area (Å²) in [4.78, 5) is 15.2. The Morgan fingerprint density at radius 2 is 2.15 bits per heavy atom. The van der Waals surface area contributed by atoms with E-state index in [1.807, 2.05) is 44.0 Å². The van der Waals surface area contributed by atoms with E-state index in [9.17, 15) is 4.79 Å². The summed E-state index contributed by atoms with van der Waals surface area (Å²) in [7, 11) is 1.83. The van der Waals surface area contributed by atoms with E-state index in [2.05, 4.69) is 11.2 Å². The molecule has 0 unspecified atom stereocenters. The van der Waals surface area contributed by atoms with Crippen LogP contribution in [0.4, 0.5) is 0 Å². The predicted octanol–water partition coefficient (Wildman–Crippen LogP) is 2.51. The van der Waals surface area contributed by atoms with Crippen LogP contribution in [0.25, 0.3) is 0 Å². The Morgan fingerprint density at radius 1 is 1.35 bits per heavy atom. The van der Waals surface area contributed by atoms with Crippen molar-refractivity contribution in [2.24, 2.45) is 7.05 Å². The van der Waals surface area contributed by atoms with Crippen molar-refractivity contribution in [2.75, 3.05) is 6.54 Å². The Bertz CT molecular complexity index is 925. The largest absolute Gasteiger partial charge is 0.369 e.